The SMILES string of the molecule is Cc1c(Cl)ccc2c1NC(CC(C)N)C2. The highest BCUT2D eigenvalue weighted by molar-refractivity contribution is 6.31. The lowest BCUT2D eigenvalue weighted by Crippen LogP contribution is -2.26. The third-order valence-electron chi connectivity index (χ3n) is 2.96. The van der Waals surface area contributed by atoms with Crippen LogP contribution in [0.4, 0.5) is 5.69 Å². The Kier molecular flexibility index (Phi) is 2.89. The Morgan fingerprint density at radius 3 is 3.00 bits per heavy atom. The van der Waals surface area contributed by atoms with E-state index in [0.29, 0.717) is 6.04 Å². The lowest BCUT2D eigenvalue weighted by molar-refractivity contribution is 0.587. The molecule has 0 saturated carbocycles. The molecule has 0 aliphatic carbocycles. The number of nitrogens with one attached hydrogen (secondary N) is 1. The molecule has 3 heteroatoms. The van der Waals surface area contributed by atoms with Gasteiger partial charge in [-0.15, -0.1) is 0 Å². The number of benzene rings is 1. The summed E-state index contributed by atoms with van der Waals surface area (Å²) in [5.74, 6) is 0. The Labute approximate surface area is 95.8 Å². The summed E-state index contributed by atoms with van der Waals surface area (Å²) in [4.78, 5) is 0. The number of fused-ring (bicyclic) bond motifs is 1. The Morgan fingerprint density at radius 1 is 1.60 bits per heavy atom. The first-order valence-electron chi connectivity index (χ1n) is 5.38. The van der Waals surface area contributed by atoms with Crippen LogP contribution in [-0.4, -0.2) is 12.1 Å². The van der Waals surface area contributed by atoms with Crippen LogP contribution in [0, 0.1) is 6.92 Å². The van der Waals surface area contributed by atoms with Gasteiger partial charge in [0.2, 0.25) is 0 Å². The van der Waals surface area contributed by atoms with Gasteiger partial charge in [0, 0.05) is 22.8 Å². The van der Waals surface area contributed by atoms with Crippen molar-refractivity contribution in [3.63, 3.8) is 0 Å². The summed E-state index contributed by atoms with van der Waals surface area (Å²) < 4.78 is 0. The van der Waals surface area contributed by atoms with Crippen molar-refractivity contribution in [2.75, 3.05) is 5.32 Å². The third-order valence-corrected chi connectivity index (χ3v) is 3.37. The standard InChI is InChI=1S/C12H17ClN2/c1-7(14)5-10-6-9-3-4-11(13)8(2)12(9)15-10/h3-4,7,10,15H,5-6,14H2,1-2H3. The third kappa shape index (κ3) is 2.11. The number of nitrogens with two attached hydrogens (primary N) is 1. The van der Waals surface area contributed by atoms with Gasteiger partial charge in [-0.3, -0.25) is 0 Å². The molecule has 2 unspecified atom stereocenters. The molecule has 0 aromatic heterocycles. The van der Waals surface area contributed by atoms with Crippen molar-refractivity contribution in [1.82, 2.24) is 0 Å². The highest BCUT2D eigenvalue weighted by Crippen LogP contribution is 2.34. The molecule has 82 valence electrons. The van der Waals surface area contributed by atoms with Crippen LogP contribution in [0.5, 0.6) is 0 Å². The quantitative estimate of drug-likeness (QED) is 0.811. The van der Waals surface area contributed by atoms with Crippen molar-refractivity contribution in [2.24, 2.45) is 5.73 Å². The Morgan fingerprint density at radius 2 is 2.33 bits per heavy atom. The smallest absolute Gasteiger partial charge is 0.0455 e. The second-order valence-corrected chi connectivity index (χ2v) is 4.87. The number of rotatable bonds is 2. The van der Waals surface area contributed by atoms with E-state index in [1.165, 1.54) is 11.3 Å². The minimum absolute atomic E-state index is 0.243. The summed E-state index contributed by atoms with van der Waals surface area (Å²) in [6, 6.07) is 4.80. The van der Waals surface area contributed by atoms with Gasteiger partial charge in [0.05, 0.1) is 0 Å². The molecule has 0 spiro atoms. The predicted octanol–water partition coefficient (Wildman–Crippen LogP) is 2.72. The molecule has 1 heterocycles. The zero-order chi connectivity index (χ0) is 11.0. The summed E-state index contributed by atoms with van der Waals surface area (Å²) in [6.07, 6.45) is 2.07. The number of halogens is 1. The highest BCUT2D eigenvalue weighted by Gasteiger charge is 2.23. The largest absolute Gasteiger partial charge is 0.381 e. The van der Waals surface area contributed by atoms with Crippen LogP contribution in [0.15, 0.2) is 12.1 Å². The molecule has 1 aromatic carbocycles. The summed E-state index contributed by atoms with van der Waals surface area (Å²) in [5, 5.41) is 4.35. The maximum absolute atomic E-state index is 6.08. The van der Waals surface area contributed by atoms with Crippen LogP contribution in [0.2, 0.25) is 5.02 Å². The molecular formula is C12H17ClN2. The first kappa shape index (κ1) is 10.8. The summed E-state index contributed by atoms with van der Waals surface area (Å²) in [7, 11) is 0. The Balaban J connectivity index is 2.20. The van der Waals surface area contributed by atoms with E-state index < -0.39 is 0 Å². The molecule has 0 amide bonds. The second-order valence-electron chi connectivity index (χ2n) is 4.46. The maximum atomic E-state index is 6.08. The van der Waals surface area contributed by atoms with Gasteiger partial charge in [-0.1, -0.05) is 17.7 Å². The highest BCUT2D eigenvalue weighted by atomic mass is 35.5. The van der Waals surface area contributed by atoms with Gasteiger partial charge < -0.3 is 11.1 Å². The van der Waals surface area contributed by atoms with E-state index in [9.17, 15) is 0 Å². The molecule has 1 aliphatic rings. The average molecular weight is 225 g/mol. The Hall–Kier alpha value is -0.730. The second kappa shape index (κ2) is 4.03. The van der Waals surface area contributed by atoms with Crippen molar-refractivity contribution >= 4 is 17.3 Å². The van der Waals surface area contributed by atoms with Gasteiger partial charge in [0.15, 0.2) is 0 Å². The zero-order valence-corrected chi connectivity index (χ0v) is 9.93. The molecule has 0 bridgehead atoms. The summed E-state index contributed by atoms with van der Waals surface area (Å²) in [6.45, 7) is 4.10. The number of hydrogen-bond acceptors (Lipinski definition) is 2. The lowest BCUT2D eigenvalue weighted by atomic mass is 10.0. The molecule has 2 atom stereocenters. The van der Waals surface area contributed by atoms with Gasteiger partial charge in [0.25, 0.3) is 0 Å². The minimum atomic E-state index is 0.243. The topological polar surface area (TPSA) is 38.0 Å². The molecule has 3 N–H and O–H groups in total. The van der Waals surface area contributed by atoms with Crippen LogP contribution >= 0.6 is 11.6 Å². The van der Waals surface area contributed by atoms with Gasteiger partial charge in [0.1, 0.15) is 0 Å². The van der Waals surface area contributed by atoms with Crippen molar-refractivity contribution in [3.8, 4) is 0 Å². The van der Waals surface area contributed by atoms with E-state index in [1.54, 1.807) is 0 Å². The maximum Gasteiger partial charge on any atom is 0.0455 e. The molecule has 1 aliphatic heterocycles. The zero-order valence-electron chi connectivity index (χ0n) is 9.18. The van der Waals surface area contributed by atoms with Crippen LogP contribution in [0.3, 0.4) is 0 Å². The normalized spacial score (nSPS) is 20.9. The van der Waals surface area contributed by atoms with E-state index in [1.807, 2.05) is 13.0 Å². The molecule has 0 saturated heterocycles. The van der Waals surface area contributed by atoms with Gasteiger partial charge in [-0.2, -0.15) is 0 Å². The van der Waals surface area contributed by atoms with E-state index in [0.717, 1.165) is 23.4 Å². The Bertz CT molecular complexity index is 374. The molecule has 15 heavy (non-hydrogen) atoms. The van der Waals surface area contributed by atoms with Crippen molar-refractivity contribution < 1.29 is 0 Å². The van der Waals surface area contributed by atoms with Gasteiger partial charge >= 0.3 is 0 Å². The van der Waals surface area contributed by atoms with E-state index in [2.05, 4.69) is 18.3 Å². The van der Waals surface area contributed by atoms with Crippen LogP contribution in [-0.2, 0) is 6.42 Å². The van der Waals surface area contributed by atoms with Crippen molar-refractivity contribution in [2.45, 2.75) is 38.8 Å². The first-order valence-corrected chi connectivity index (χ1v) is 5.76. The van der Waals surface area contributed by atoms with Crippen molar-refractivity contribution in [1.29, 1.82) is 0 Å². The lowest BCUT2D eigenvalue weighted by Gasteiger charge is -2.14. The molecule has 2 rings (SSSR count). The minimum Gasteiger partial charge on any atom is -0.381 e. The van der Waals surface area contributed by atoms with Crippen LogP contribution in [0.25, 0.3) is 0 Å². The fraction of sp³-hybridized carbons (Fsp3) is 0.500. The van der Waals surface area contributed by atoms with Gasteiger partial charge in [-0.05, 0) is 43.9 Å². The molecular weight excluding hydrogens is 208 g/mol. The fourth-order valence-corrected chi connectivity index (χ4v) is 2.38. The van der Waals surface area contributed by atoms with E-state index >= 15 is 0 Å². The van der Waals surface area contributed by atoms with Crippen LogP contribution < -0.4 is 11.1 Å². The van der Waals surface area contributed by atoms with Crippen molar-refractivity contribution in [3.05, 3.63) is 28.3 Å². The molecule has 2 nitrogen and oxygen atoms in total. The van der Waals surface area contributed by atoms with Gasteiger partial charge in [-0.25, -0.2) is 0 Å². The number of anilines is 1. The fourth-order valence-electron chi connectivity index (χ4n) is 2.23. The molecule has 0 fully saturated rings. The van der Waals surface area contributed by atoms with E-state index in [-0.39, 0.29) is 6.04 Å². The summed E-state index contributed by atoms with van der Waals surface area (Å²) in [5.41, 5.74) is 9.54. The van der Waals surface area contributed by atoms with Crippen LogP contribution in [0.1, 0.15) is 24.5 Å². The summed E-state index contributed by atoms with van der Waals surface area (Å²) >= 11 is 6.08. The predicted molar refractivity (Wildman–Crippen MR) is 65.6 cm³/mol. The molecule has 0 radical (unpaired) electrons. The molecule has 1 aromatic rings. The first-order chi connectivity index (χ1) is 7.08. The van der Waals surface area contributed by atoms with E-state index in [4.69, 9.17) is 17.3 Å². The number of hydrogen-bond donors (Lipinski definition) is 2. The average Bonchev–Trinajstić information content (AvgIpc) is 2.54. The monoisotopic (exact) mass is 224 g/mol.